The zero-order chi connectivity index (χ0) is 27.2. The fourth-order valence-corrected chi connectivity index (χ4v) is 4.61. The maximum atomic E-state index is 13.7. The first-order chi connectivity index (χ1) is 18.4. The van der Waals surface area contributed by atoms with Crippen LogP contribution in [0.2, 0.25) is 0 Å². The molecule has 1 unspecified atom stereocenters. The first-order valence-electron chi connectivity index (χ1n) is 11.8. The van der Waals surface area contributed by atoms with Crippen molar-refractivity contribution in [1.29, 1.82) is 0 Å². The molecule has 0 aliphatic carbocycles. The second kappa shape index (κ2) is 11.8. The predicted molar refractivity (Wildman–Crippen MR) is 148 cm³/mol. The number of ether oxygens (including phenoxy) is 4. The summed E-state index contributed by atoms with van der Waals surface area (Å²) in [5.41, 5.74) is 2.04. The average molecular weight is 536 g/mol. The van der Waals surface area contributed by atoms with Gasteiger partial charge in [-0.25, -0.2) is 0 Å². The Hall–Kier alpha value is -4.31. The van der Waals surface area contributed by atoms with Crippen LogP contribution in [0, 0.1) is 0 Å². The summed E-state index contributed by atoms with van der Waals surface area (Å²) in [7, 11) is 6.27. The van der Waals surface area contributed by atoms with Crippen molar-refractivity contribution in [3.63, 3.8) is 0 Å². The van der Waals surface area contributed by atoms with Gasteiger partial charge in [-0.05, 0) is 78.4 Å². The molecule has 3 aromatic rings. The van der Waals surface area contributed by atoms with Crippen LogP contribution in [0.25, 0.3) is 0 Å². The number of nitrogens with zero attached hydrogens (tertiary/aromatic N) is 2. The smallest absolute Gasteiger partial charge is 0.256 e. The highest BCUT2D eigenvalue weighted by Gasteiger charge is 2.44. The number of carbonyl (C=O) groups excluding carboxylic acids is 2. The minimum absolute atomic E-state index is 0.0923. The van der Waals surface area contributed by atoms with Crippen molar-refractivity contribution in [1.82, 2.24) is 4.90 Å². The minimum atomic E-state index is -0.809. The van der Waals surface area contributed by atoms with E-state index in [1.807, 2.05) is 12.1 Å². The second-order valence-electron chi connectivity index (χ2n) is 8.47. The van der Waals surface area contributed by atoms with Crippen LogP contribution in [0.4, 0.5) is 11.4 Å². The number of nitrogens with one attached hydrogen (secondary N) is 1. The van der Waals surface area contributed by atoms with Crippen LogP contribution in [0.3, 0.4) is 0 Å². The summed E-state index contributed by atoms with van der Waals surface area (Å²) in [5, 5.41) is 3.16. The van der Waals surface area contributed by atoms with Gasteiger partial charge in [-0.3, -0.25) is 14.5 Å². The van der Waals surface area contributed by atoms with E-state index in [-0.39, 0.29) is 24.8 Å². The first-order valence-corrected chi connectivity index (χ1v) is 12.2. The molecule has 1 fully saturated rings. The van der Waals surface area contributed by atoms with Crippen molar-refractivity contribution in [3.05, 3.63) is 72.3 Å². The van der Waals surface area contributed by atoms with Crippen molar-refractivity contribution in [3.8, 4) is 23.0 Å². The summed E-state index contributed by atoms with van der Waals surface area (Å²) in [6, 6.07) is 18.7. The standard InChI is InChI=1S/C28H29N3O6S/c1-34-21-10-6-19(7-11-21)29-26(32)16-23-27(33)31(20-8-12-22(35-2)13-9-20)28(38)30(23)17-18-5-14-24(36-3)25(15-18)37-4/h5-15,23H,16-17H2,1-4H3,(H,29,32). The maximum Gasteiger partial charge on any atom is 0.256 e. The normalized spacial score (nSPS) is 14.9. The first kappa shape index (κ1) is 26.7. The Balaban J connectivity index is 1.61. The summed E-state index contributed by atoms with van der Waals surface area (Å²) in [6.45, 7) is 0.290. The highest BCUT2D eigenvalue weighted by atomic mass is 32.1. The highest BCUT2D eigenvalue weighted by molar-refractivity contribution is 7.80. The molecule has 0 aromatic heterocycles. The maximum absolute atomic E-state index is 13.7. The van der Waals surface area contributed by atoms with E-state index in [1.54, 1.807) is 87.9 Å². The molecule has 9 nitrogen and oxygen atoms in total. The fourth-order valence-electron chi connectivity index (χ4n) is 4.22. The largest absolute Gasteiger partial charge is 0.497 e. The molecule has 198 valence electrons. The summed E-state index contributed by atoms with van der Waals surface area (Å²) < 4.78 is 21.2. The number of amides is 2. The van der Waals surface area contributed by atoms with Gasteiger partial charge in [0, 0.05) is 12.2 Å². The third kappa shape index (κ3) is 5.65. The number of rotatable bonds is 10. The van der Waals surface area contributed by atoms with Gasteiger partial charge in [0.1, 0.15) is 17.5 Å². The van der Waals surface area contributed by atoms with Gasteiger partial charge in [0.2, 0.25) is 5.91 Å². The lowest BCUT2D eigenvalue weighted by molar-refractivity contribution is -0.124. The van der Waals surface area contributed by atoms with Crippen molar-refractivity contribution >= 4 is 40.5 Å². The van der Waals surface area contributed by atoms with Crippen LogP contribution < -0.4 is 29.2 Å². The Labute approximate surface area is 226 Å². The van der Waals surface area contributed by atoms with E-state index in [0.29, 0.717) is 39.5 Å². The van der Waals surface area contributed by atoms with Gasteiger partial charge in [0.05, 0.1) is 40.5 Å². The molecule has 10 heteroatoms. The molecule has 1 atom stereocenters. The quantitative estimate of drug-likeness (QED) is 0.386. The molecular formula is C28H29N3O6S. The number of hydrogen-bond donors (Lipinski definition) is 1. The second-order valence-corrected chi connectivity index (χ2v) is 8.83. The van der Waals surface area contributed by atoms with Crippen molar-refractivity contribution in [2.75, 3.05) is 38.7 Å². The SMILES string of the molecule is COc1ccc(NC(=O)CC2C(=O)N(c3ccc(OC)cc3)C(=S)N2Cc2ccc(OC)c(OC)c2)cc1. The highest BCUT2D eigenvalue weighted by Crippen LogP contribution is 2.32. The van der Waals surface area contributed by atoms with E-state index >= 15 is 0 Å². The Bertz CT molecular complexity index is 1310. The van der Waals surface area contributed by atoms with E-state index in [4.69, 9.17) is 31.2 Å². The number of anilines is 2. The number of thiocarbonyl (C=S) groups is 1. The molecule has 1 aliphatic rings. The molecule has 1 saturated heterocycles. The fraction of sp³-hybridized carbons (Fsp3) is 0.250. The molecule has 0 saturated carbocycles. The van der Waals surface area contributed by atoms with Gasteiger partial charge in [0.15, 0.2) is 16.6 Å². The van der Waals surface area contributed by atoms with Gasteiger partial charge in [-0.2, -0.15) is 0 Å². The number of benzene rings is 3. The molecule has 0 bridgehead atoms. The molecule has 1 aliphatic heterocycles. The molecule has 0 spiro atoms. The topological polar surface area (TPSA) is 89.6 Å². The van der Waals surface area contributed by atoms with Crippen LogP contribution in [-0.2, 0) is 16.1 Å². The molecule has 1 heterocycles. The Morgan fingerprint density at radius 3 is 2.03 bits per heavy atom. The molecule has 3 aromatic carbocycles. The van der Waals surface area contributed by atoms with Crippen molar-refractivity contribution in [2.45, 2.75) is 19.0 Å². The zero-order valence-corrected chi connectivity index (χ0v) is 22.4. The van der Waals surface area contributed by atoms with Gasteiger partial charge < -0.3 is 29.2 Å². The third-order valence-electron chi connectivity index (χ3n) is 6.20. The van der Waals surface area contributed by atoms with Crippen LogP contribution in [0.1, 0.15) is 12.0 Å². The van der Waals surface area contributed by atoms with Crippen LogP contribution >= 0.6 is 12.2 Å². The molecule has 4 rings (SSSR count). The molecule has 38 heavy (non-hydrogen) atoms. The van der Waals surface area contributed by atoms with Gasteiger partial charge in [0.25, 0.3) is 5.91 Å². The van der Waals surface area contributed by atoms with E-state index < -0.39 is 6.04 Å². The van der Waals surface area contributed by atoms with E-state index in [9.17, 15) is 9.59 Å². The Morgan fingerprint density at radius 1 is 0.842 bits per heavy atom. The molecule has 0 radical (unpaired) electrons. The summed E-state index contributed by atoms with van der Waals surface area (Å²) in [6.07, 6.45) is -0.0923. The monoisotopic (exact) mass is 535 g/mol. The number of methoxy groups -OCH3 is 4. The van der Waals surface area contributed by atoms with E-state index in [0.717, 1.165) is 5.56 Å². The zero-order valence-electron chi connectivity index (χ0n) is 21.6. The predicted octanol–water partition coefficient (Wildman–Crippen LogP) is 4.25. The summed E-state index contributed by atoms with van der Waals surface area (Å²) in [5.74, 6) is 1.88. The molecular weight excluding hydrogens is 506 g/mol. The summed E-state index contributed by atoms with van der Waals surface area (Å²) >= 11 is 5.78. The lowest BCUT2D eigenvalue weighted by atomic mass is 10.1. The van der Waals surface area contributed by atoms with E-state index in [2.05, 4.69) is 5.32 Å². The van der Waals surface area contributed by atoms with Crippen molar-refractivity contribution < 1.29 is 28.5 Å². The number of hydrogen-bond acceptors (Lipinski definition) is 7. The summed E-state index contributed by atoms with van der Waals surface area (Å²) in [4.78, 5) is 30.0. The van der Waals surface area contributed by atoms with Gasteiger partial charge in [-0.1, -0.05) is 6.07 Å². The average Bonchev–Trinajstić information content (AvgIpc) is 3.17. The minimum Gasteiger partial charge on any atom is -0.497 e. The molecule has 1 N–H and O–H groups in total. The lowest BCUT2D eigenvalue weighted by Crippen LogP contribution is -2.37. The van der Waals surface area contributed by atoms with Gasteiger partial charge >= 0.3 is 0 Å². The molecule has 2 amide bonds. The third-order valence-corrected chi connectivity index (χ3v) is 6.62. The van der Waals surface area contributed by atoms with E-state index in [1.165, 1.54) is 4.90 Å². The van der Waals surface area contributed by atoms with Crippen LogP contribution in [0.15, 0.2) is 66.7 Å². The lowest BCUT2D eigenvalue weighted by Gasteiger charge is -2.24. The van der Waals surface area contributed by atoms with Gasteiger partial charge in [-0.15, -0.1) is 0 Å². The number of carbonyl (C=O) groups is 2. The van der Waals surface area contributed by atoms with Crippen LogP contribution in [-0.4, -0.2) is 56.3 Å². The Kier molecular flexibility index (Phi) is 8.32. The van der Waals surface area contributed by atoms with Crippen molar-refractivity contribution in [2.24, 2.45) is 0 Å². The van der Waals surface area contributed by atoms with Crippen LogP contribution in [0.5, 0.6) is 23.0 Å². The Morgan fingerprint density at radius 2 is 1.45 bits per heavy atom.